The maximum Gasteiger partial charge on any atom is 0.240 e. The van der Waals surface area contributed by atoms with Crippen molar-refractivity contribution in [2.45, 2.75) is 37.1 Å². The molecule has 6 nitrogen and oxygen atoms in total. The summed E-state index contributed by atoms with van der Waals surface area (Å²) in [7, 11) is -1.25. The second-order valence-electron chi connectivity index (χ2n) is 9.19. The van der Waals surface area contributed by atoms with Crippen molar-refractivity contribution in [2.75, 3.05) is 39.8 Å². The Kier molecular flexibility index (Phi) is 7.06. The topological polar surface area (TPSA) is 65.5 Å². The second kappa shape index (κ2) is 9.77. The molecule has 0 spiro atoms. The van der Waals surface area contributed by atoms with Crippen LogP contribution in [-0.2, 0) is 16.4 Å². The molecular formula is C24H34N4O2S. The van der Waals surface area contributed by atoms with Gasteiger partial charge in [-0.2, -0.15) is 0 Å². The van der Waals surface area contributed by atoms with Crippen LogP contribution in [0.5, 0.6) is 0 Å². The number of nitrogens with one attached hydrogen (secondary N) is 1. The smallest absolute Gasteiger partial charge is 0.240 e. The average Bonchev–Trinajstić information content (AvgIpc) is 2.78. The molecule has 2 aromatic rings. The molecule has 4 atom stereocenters. The predicted molar refractivity (Wildman–Crippen MR) is 123 cm³/mol. The van der Waals surface area contributed by atoms with Crippen LogP contribution < -0.4 is 4.72 Å². The van der Waals surface area contributed by atoms with E-state index >= 15 is 0 Å². The maximum atomic E-state index is 12.6. The molecule has 1 aromatic carbocycles. The Balaban J connectivity index is 1.26. The van der Waals surface area contributed by atoms with E-state index in [0.29, 0.717) is 29.3 Å². The fourth-order valence-corrected chi connectivity index (χ4v) is 6.09. The molecule has 0 amide bonds. The van der Waals surface area contributed by atoms with Crippen molar-refractivity contribution in [1.29, 1.82) is 0 Å². The van der Waals surface area contributed by atoms with Crippen molar-refractivity contribution in [1.82, 2.24) is 19.5 Å². The molecule has 31 heavy (non-hydrogen) atoms. The number of likely N-dealkylation sites (N-methyl/N-ethyl adjacent to an activating group) is 1. The second-order valence-corrected chi connectivity index (χ2v) is 11.0. The molecule has 5 rings (SSSR count). The van der Waals surface area contributed by atoms with Crippen molar-refractivity contribution in [3.05, 3.63) is 59.9 Å². The third-order valence-electron chi connectivity index (χ3n) is 6.88. The van der Waals surface area contributed by atoms with Crippen LogP contribution in [0.4, 0.5) is 0 Å². The van der Waals surface area contributed by atoms with E-state index in [-0.39, 0.29) is 0 Å². The zero-order valence-electron chi connectivity index (χ0n) is 18.6. The number of hydrogen-bond acceptors (Lipinski definition) is 5. The molecule has 2 bridgehead atoms. The van der Waals surface area contributed by atoms with Gasteiger partial charge in [-0.05, 0) is 69.5 Å². The Labute approximate surface area is 186 Å². The Bertz CT molecular complexity index is 949. The van der Waals surface area contributed by atoms with E-state index in [0.717, 1.165) is 50.3 Å². The van der Waals surface area contributed by atoms with Gasteiger partial charge in [0, 0.05) is 50.5 Å². The van der Waals surface area contributed by atoms with Gasteiger partial charge in [-0.1, -0.05) is 23.8 Å². The number of benzene rings is 1. The zero-order chi connectivity index (χ0) is 21.8. The monoisotopic (exact) mass is 442 g/mol. The molecule has 3 aliphatic rings. The van der Waals surface area contributed by atoms with Crippen LogP contribution in [0.25, 0.3) is 0 Å². The quantitative estimate of drug-likeness (QED) is 0.647. The number of fused-ring (bicyclic) bond motifs is 3. The highest BCUT2D eigenvalue weighted by molar-refractivity contribution is 7.89. The largest absolute Gasteiger partial charge is 0.306 e. The lowest BCUT2D eigenvalue weighted by Crippen LogP contribution is -2.58. The predicted octanol–water partition coefficient (Wildman–Crippen LogP) is 2.55. The zero-order valence-corrected chi connectivity index (χ0v) is 19.4. The molecule has 7 heteroatoms. The normalized spacial score (nSPS) is 25.8. The number of rotatable bonds is 9. The molecule has 4 heterocycles. The van der Waals surface area contributed by atoms with Gasteiger partial charge in [-0.3, -0.25) is 9.88 Å². The van der Waals surface area contributed by atoms with Crippen LogP contribution in [0, 0.1) is 18.8 Å². The Hall–Kier alpha value is -1.80. The fraction of sp³-hybridized carbons (Fsp3) is 0.542. The summed E-state index contributed by atoms with van der Waals surface area (Å²) in [5.74, 6) is 1.34. The minimum atomic E-state index is -3.45. The molecule has 0 radical (unpaired) electrons. The van der Waals surface area contributed by atoms with Gasteiger partial charge in [0.15, 0.2) is 0 Å². The van der Waals surface area contributed by atoms with E-state index in [1.54, 1.807) is 12.1 Å². The van der Waals surface area contributed by atoms with Gasteiger partial charge in [0.2, 0.25) is 10.0 Å². The Morgan fingerprint density at radius 2 is 2.00 bits per heavy atom. The minimum Gasteiger partial charge on any atom is -0.306 e. The number of nitrogens with zero attached hydrogens (tertiary/aromatic N) is 3. The first-order valence-electron chi connectivity index (χ1n) is 11.3. The molecule has 1 aromatic heterocycles. The van der Waals surface area contributed by atoms with Crippen molar-refractivity contribution in [2.24, 2.45) is 11.8 Å². The molecule has 1 N–H and O–H groups in total. The Morgan fingerprint density at radius 1 is 1.19 bits per heavy atom. The molecule has 168 valence electrons. The van der Waals surface area contributed by atoms with Crippen molar-refractivity contribution >= 4 is 10.0 Å². The molecular weight excluding hydrogens is 408 g/mol. The first-order valence-corrected chi connectivity index (χ1v) is 12.8. The van der Waals surface area contributed by atoms with Gasteiger partial charge in [0.1, 0.15) is 0 Å². The molecule has 0 saturated carbocycles. The van der Waals surface area contributed by atoms with Crippen LogP contribution in [0.2, 0.25) is 0 Å². The summed E-state index contributed by atoms with van der Waals surface area (Å²) in [5.41, 5.74) is 2.20. The minimum absolute atomic E-state index is 0.300. The van der Waals surface area contributed by atoms with E-state index in [9.17, 15) is 8.42 Å². The number of aromatic nitrogens is 1. The SMILES string of the molecule is Cc1ccc(S(=O)(=O)NC[C@H]2C[C@@H]3CCN2C[C@@H]3CN(C)CCc2ccccn2)cc1. The summed E-state index contributed by atoms with van der Waals surface area (Å²) in [6.45, 7) is 6.71. The average molecular weight is 443 g/mol. The van der Waals surface area contributed by atoms with Crippen molar-refractivity contribution in [3.8, 4) is 0 Å². The van der Waals surface area contributed by atoms with Crippen LogP contribution in [0.15, 0.2) is 53.6 Å². The van der Waals surface area contributed by atoms with E-state index in [2.05, 4.69) is 32.6 Å². The van der Waals surface area contributed by atoms with Crippen LogP contribution >= 0.6 is 0 Å². The highest BCUT2D eigenvalue weighted by atomic mass is 32.2. The fourth-order valence-electron chi connectivity index (χ4n) is 5.02. The summed E-state index contributed by atoms with van der Waals surface area (Å²) in [6, 6.07) is 13.4. The standard InChI is InChI=1S/C24H34N4O2S/c1-19-6-8-24(9-7-19)31(29,30)26-16-23-15-20-10-14-28(23)18-21(20)17-27(2)13-11-22-5-3-4-12-25-22/h3-9,12,20-21,23,26H,10-11,13-18H2,1-2H3/t20-,21-,23+/m0/s1. The van der Waals surface area contributed by atoms with E-state index in [1.165, 1.54) is 6.42 Å². The summed E-state index contributed by atoms with van der Waals surface area (Å²) in [5, 5.41) is 0. The first kappa shape index (κ1) is 22.4. The van der Waals surface area contributed by atoms with Gasteiger partial charge in [-0.25, -0.2) is 13.1 Å². The van der Waals surface area contributed by atoms with Gasteiger partial charge in [0.25, 0.3) is 0 Å². The van der Waals surface area contributed by atoms with Crippen LogP contribution in [0.1, 0.15) is 24.1 Å². The summed E-state index contributed by atoms with van der Waals surface area (Å²) in [4.78, 5) is 9.69. The van der Waals surface area contributed by atoms with E-state index in [1.807, 2.05) is 37.4 Å². The lowest BCUT2D eigenvalue weighted by molar-refractivity contribution is -0.00735. The lowest BCUT2D eigenvalue weighted by Gasteiger charge is -2.50. The van der Waals surface area contributed by atoms with Crippen molar-refractivity contribution in [3.63, 3.8) is 0 Å². The first-order chi connectivity index (χ1) is 14.9. The third-order valence-corrected chi connectivity index (χ3v) is 8.32. The number of sulfonamides is 1. The highest BCUT2D eigenvalue weighted by Gasteiger charge is 2.40. The van der Waals surface area contributed by atoms with Gasteiger partial charge in [0.05, 0.1) is 4.90 Å². The van der Waals surface area contributed by atoms with Gasteiger partial charge in [-0.15, -0.1) is 0 Å². The molecule has 3 saturated heterocycles. The lowest BCUT2D eigenvalue weighted by atomic mass is 9.75. The van der Waals surface area contributed by atoms with Crippen LogP contribution in [-0.4, -0.2) is 69.0 Å². The summed E-state index contributed by atoms with van der Waals surface area (Å²) >= 11 is 0. The van der Waals surface area contributed by atoms with Crippen molar-refractivity contribution < 1.29 is 8.42 Å². The summed E-state index contributed by atoms with van der Waals surface area (Å²) in [6.07, 6.45) is 5.13. The van der Waals surface area contributed by atoms with Gasteiger partial charge < -0.3 is 4.90 Å². The number of pyridine rings is 1. The molecule has 3 aliphatic heterocycles. The van der Waals surface area contributed by atoms with Crippen LogP contribution in [0.3, 0.4) is 0 Å². The van der Waals surface area contributed by atoms with E-state index in [4.69, 9.17) is 0 Å². The molecule has 1 unspecified atom stereocenters. The van der Waals surface area contributed by atoms with Gasteiger partial charge >= 0.3 is 0 Å². The van der Waals surface area contributed by atoms with E-state index < -0.39 is 10.0 Å². The highest BCUT2D eigenvalue weighted by Crippen LogP contribution is 2.36. The third kappa shape index (κ3) is 5.71. The number of aryl methyl sites for hydroxylation is 1. The summed E-state index contributed by atoms with van der Waals surface area (Å²) < 4.78 is 28.2. The number of hydrogen-bond donors (Lipinski definition) is 1. The molecule has 0 aliphatic carbocycles. The number of piperidine rings is 3. The Morgan fingerprint density at radius 3 is 2.68 bits per heavy atom. The molecule has 3 fully saturated rings. The maximum absolute atomic E-state index is 12.6.